The average molecular weight is 232 g/mol. The quantitative estimate of drug-likeness (QED) is 0.832. The second kappa shape index (κ2) is 4.29. The van der Waals surface area contributed by atoms with Gasteiger partial charge < -0.3 is 14.9 Å². The van der Waals surface area contributed by atoms with E-state index in [1.807, 2.05) is 0 Å². The number of aromatic nitrogens is 1. The maximum atomic E-state index is 11.8. The van der Waals surface area contributed by atoms with Crippen molar-refractivity contribution in [3.05, 3.63) is 41.3 Å². The highest BCUT2D eigenvalue weighted by atomic mass is 16.5. The van der Waals surface area contributed by atoms with Gasteiger partial charge in [-0.2, -0.15) is 0 Å². The van der Waals surface area contributed by atoms with Crippen molar-refractivity contribution in [3.63, 3.8) is 0 Å². The molecule has 5 nitrogen and oxygen atoms in total. The van der Waals surface area contributed by atoms with E-state index in [0.29, 0.717) is 16.8 Å². The van der Waals surface area contributed by atoms with Gasteiger partial charge in [0.2, 0.25) is 5.76 Å². The van der Waals surface area contributed by atoms with Crippen LogP contribution in [0.25, 0.3) is 0 Å². The van der Waals surface area contributed by atoms with Gasteiger partial charge in [-0.25, -0.2) is 0 Å². The Morgan fingerprint density at radius 2 is 2.18 bits per heavy atom. The van der Waals surface area contributed by atoms with Gasteiger partial charge in [0, 0.05) is 16.8 Å². The molecule has 0 fully saturated rings. The molecule has 0 aliphatic heterocycles. The van der Waals surface area contributed by atoms with Crippen molar-refractivity contribution >= 4 is 11.6 Å². The Kier molecular flexibility index (Phi) is 2.82. The number of aryl methyl sites for hydroxylation is 1. The Balaban J connectivity index is 2.25. The largest absolute Gasteiger partial charge is 0.508 e. The summed E-state index contributed by atoms with van der Waals surface area (Å²) in [6, 6.07) is 4.93. The van der Waals surface area contributed by atoms with Gasteiger partial charge in [0.15, 0.2) is 0 Å². The van der Waals surface area contributed by atoms with Crippen molar-refractivity contribution in [2.24, 2.45) is 0 Å². The summed E-state index contributed by atoms with van der Waals surface area (Å²) in [5.74, 6) is -0.0708. The smallest absolute Gasteiger partial charge is 0.294 e. The molecule has 0 saturated carbocycles. The van der Waals surface area contributed by atoms with Crippen LogP contribution in [0, 0.1) is 13.8 Å². The summed E-state index contributed by atoms with van der Waals surface area (Å²) in [5, 5.41) is 15.7. The first kappa shape index (κ1) is 11.2. The van der Waals surface area contributed by atoms with Gasteiger partial charge in [-0.3, -0.25) is 4.79 Å². The monoisotopic (exact) mass is 232 g/mol. The fourth-order valence-electron chi connectivity index (χ4n) is 1.45. The molecule has 1 heterocycles. The molecule has 0 atom stereocenters. The number of phenolic OH excluding ortho intramolecular Hbond substituents is 1. The van der Waals surface area contributed by atoms with E-state index in [0.717, 1.165) is 0 Å². The molecule has 5 heteroatoms. The molecule has 17 heavy (non-hydrogen) atoms. The minimum absolute atomic E-state index is 0.136. The number of hydrogen-bond acceptors (Lipinski definition) is 4. The zero-order chi connectivity index (χ0) is 12.4. The molecule has 1 aromatic carbocycles. The van der Waals surface area contributed by atoms with Crippen LogP contribution >= 0.6 is 0 Å². The minimum Gasteiger partial charge on any atom is -0.508 e. The highest BCUT2D eigenvalue weighted by Crippen LogP contribution is 2.24. The number of rotatable bonds is 2. The van der Waals surface area contributed by atoms with E-state index in [1.165, 1.54) is 6.20 Å². The van der Waals surface area contributed by atoms with E-state index in [9.17, 15) is 9.90 Å². The van der Waals surface area contributed by atoms with E-state index >= 15 is 0 Å². The summed E-state index contributed by atoms with van der Waals surface area (Å²) >= 11 is 0. The minimum atomic E-state index is -0.381. The first-order chi connectivity index (χ1) is 8.09. The molecule has 2 N–H and O–H groups in total. The van der Waals surface area contributed by atoms with Crippen LogP contribution in [-0.4, -0.2) is 16.2 Å². The average Bonchev–Trinajstić information content (AvgIpc) is 2.71. The van der Waals surface area contributed by atoms with Crippen molar-refractivity contribution in [2.75, 3.05) is 5.32 Å². The molecule has 2 rings (SSSR count). The molecular weight excluding hydrogens is 220 g/mol. The van der Waals surface area contributed by atoms with Crippen molar-refractivity contribution in [3.8, 4) is 5.75 Å². The molecule has 0 unspecified atom stereocenters. The number of carbonyl (C=O) groups excluding carboxylic acids is 1. The summed E-state index contributed by atoms with van der Waals surface area (Å²) in [4.78, 5) is 11.8. The Bertz CT molecular complexity index is 561. The van der Waals surface area contributed by atoms with Crippen LogP contribution in [0.5, 0.6) is 5.75 Å². The molecular formula is C12H12N2O3. The first-order valence-electron chi connectivity index (χ1n) is 5.11. The van der Waals surface area contributed by atoms with Crippen LogP contribution in [0.2, 0.25) is 0 Å². The molecule has 0 radical (unpaired) electrons. The van der Waals surface area contributed by atoms with Crippen molar-refractivity contribution < 1.29 is 14.4 Å². The standard InChI is InChI=1S/C12H12N2O3/c1-7-6-13-17-11(7)12(16)14-9-4-3-5-10(15)8(9)2/h3-6,15H,1-2H3,(H,14,16). The fraction of sp³-hybridized carbons (Fsp3) is 0.167. The Morgan fingerprint density at radius 1 is 1.41 bits per heavy atom. The lowest BCUT2D eigenvalue weighted by atomic mass is 10.1. The number of aromatic hydroxyl groups is 1. The Hall–Kier alpha value is -2.30. The van der Waals surface area contributed by atoms with Crippen LogP contribution < -0.4 is 5.32 Å². The number of anilines is 1. The number of phenols is 1. The summed E-state index contributed by atoms with van der Waals surface area (Å²) in [6.07, 6.45) is 1.48. The highest BCUT2D eigenvalue weighted by Gasteiger charge is 2.15. The Morgan fingerprint density at radius 3 is 2.82 bits per heavy atom. The third kappa shape index (κ3) is 2.13. The van der Waals surface area contributed by atoms with Crippen LogP contribution in [0.15, 0.2) is 28.9 Å². The number of amides is 1. The fourth-order valence-corrected chi connectivity index (χ4v) is 1.45. The lowest BCUT2D eigenvalue weighted by molar-refractivity contribution is 0.0987. The van der Waals surface area contributed by atoms with E-state index in [1.54, 1.807) is 32.0 Å². The third-order valence-corrected chi connectivity index (χ3v) is 2.51. The van der Waals surface area contributed by atoms with Crippen molar-refractivity contribution in [1.29, 1.82) is 0 Å². The Labute approximate surface area is 98.1 Å². The summed E-state index contributed by atoms with van der Waals surface area (Å²) in [6.45, 7) is 3.46. The molecule has 0 aliphatic rings. The topological polar surface area (TPSA) is 75.4 Å². The van der Waals surface area contributed by atoms with Crippen LogP contribution in [0.4, 0.5) is 5.69 Å². The zero-order valence-electron chi connectivity index (χ0n) is 9.52. The summed E-state index contributed by atoms with van der Waals surface area (Å²) in [5.41, 5.74) is 1.82. The summed E-state index contributed by atoms with van der Waals surface area (Å²) < 4.78 is 4.84. The van der Waals surface area contributed by atoms with Gasteiger partial charge in [-0.05, 0) is 26.0 Å². The molecule has 0 aliphatic carbocycles. The van der Waals surface area contributed by atoms with Crippen molar-refractivity contribution in [2.45, 2.75) is 13.8 Å². The van der Waals surface area contributed by atoms with Crippen molar-refractivity contribution in [1.82, 2.24) is 5.16 Å². The molecule has 0 saturated heterocycles. The van der Waals surface area contributed by atoms with E-state index in [-0.39, 0.29) is 17.4 Å². The zero-order valence-corrected chi connectivity index (χ0v) is 9.52. The van der Waals surface area contributed by atoms with Gasteiger partial charge in [-0.1, -0.05) is 11.2 Å². The number of carbonyl (C=O) groups is 1. The number of nitrogens with one attached hydrogen (secondary N) is 1. The van der Waals surface area contributed by atoms with Gasteiger partial charge >= 0.3 is 0 Å². The molecule has 1 aromatic heterocycles. The number of hydrogen-bond donors (Lipinski definition) is 2. The predicted molar refractivity (Wildman–Crippen MR) is 62.0 cm³/mol. The predicted octanol–water partition coefficient (Wildman–Crippen LogP) is 2.25. The number of nitrogens with zero attached hydrogens (tertiary/aromatic N) is 1. The van der Waals surface area contributed by atoms with E-state index in [2.05, 4.69) is 10.5 Å². The SMILES string of the molecule is Cc1cnoc1C(=O)Nc1cccc(O)c1C. The maximum Gasteiger partial charge on any atom is 0.294 e. The second-order valence-corrected chi connectivity index (χ2v) is 3.74. The number of benzene rings is 1. The van der Waals surface area contributed by atoms with Crippen LogP contribution in [-0.2, 0) is 0 Å². The van der Waals surface area contributed by atoms with Gasteiger partial charge in [-0.15, -0.1) is 0 Å². The van der Waals surface area contributed by atoms with Gasteiger partial charge in [0.05, 0.1) is 6.20 Å². The van der Waals surface area contributed by atoms with E-state index < -0.39 is 0 Å². The van der Waals surface area contributed by atoms with Crippen LogP contribution in [0.3, 0.4) is 0 Å². The summed E-state index contributed by atoms with van der Waals surface area (Å²) in [7, 11) is 0. The maximum absolute atomic E-state index is 11.8. The van der Waals surface area contributed by atoms with Gasteiger partial charge in [0.25, 0.3) is 5.91 Å². The highest BCUT2D eigenvalue weighted by molar-refractivity contribution is 6.03. The van der Waals surface area contributed by atoms with Crippen LogP contribution in [0.1, 0.15) is 21.7 Å². The molecule has 0 spiro atoms. The molecule has 2 aromatic rings. The molecule has 88 valence electrons. The molecule has 0 bridgehead atoms. The third-order valence-electron chi connectivity index (χ3n) is 2.51. The lowest BCUT2D eigenvalue weighted by Crippen LogP contribution is -2.12. The normalized spacial score (nSPS) is 10.2. The van der Waals surface area contributed by atoms with Gasteiger partial charge in [0.1, 0.15) is 5.75 Å². The van der Waals surface area contributed by atoms with E-state index in [4.69, 9.17) is 4.52 Å². The first-order valence-corrected chi connectivity index (χ1v) is 5.11. The second-order valence-electron chi connectivity index (χ2n) is 3.74. The lowest BCUT2D eigenvalue weighted by Gasteiger charge is -2.08. The molecule has 1 amide bonds.